The summed E-state index contributed by atoms with van der Waals surface area (Å²) in [6.07, 6.45) is 0. The van der Waals surface area contributed by atoms with E-state index in [0.717, 1.165) is 11.3 Å². The second kappa shape index (κ2) is 3.20. The largest absolute Gasteiger partial charge is 0.343 e. The van der Waals surface area contributed by atoms with Crippen molar-refractivity contribution in [2.45, 2.75) is 13.8 Å². The van der Waals surface area contributed by atoms with Gasteiger partial charge in [-0.25, -0.2) is 0 Å². The Balaban J connectivity index is 3.16. The molecule has 0 spiro atoms. The summed E-state index contributed by atoms with van der Waals surface area (Å²) >= 11 is 0. The lowest BCUT2D eigenvalue weighted by Crippen LogP contribution is -2.23. The minimum Gasteiger partial charge on any atom is -0.343 e. The van der Waals surface area contributed by atoms with Gasteiger partial charge in [-0.1, -0.05) is 0 Å². The summed E-state index contributed by atoms with van der Waals surface area (Å²) in [4.78, 5) is 13.1. The van der Waals surface area contributed by atoms with Crippen molar-refractivity contribution in [1.29, 1.82) is 0 Å². The lowest BCUT2D eigenvalue weighted by Gasteiger charge is -2.07. The molecule has 0 saturated heterocycles. The molecule has 0 aromatic carbocycles. The highest BCUT2D eigenvalue weighted by atomic mass is 16.2. The van der Waals surface area contributed by atoms with Crippen molar-refractivity contribution in [3.63, 3.8) is 0 Å². The van der Waals surface area contributed by atoms with Gasteiger partial charge in [0.1, 0.15) is 0 Å². The van der Waals surface area contributed by atoms with Crippen LogP contribution in [-0.4, -0.2) is 34.7 Å². The Morgan fingerprint density at radius 2 is 1.92 bits per heavy atom. The highest BCUT2D eigenvalue weighted by Gasteiger charge is 2.17. The molecular formula is C9H15N3O. The Labute approximate surface area is 78.1 Å². The van der Waals surface area contributed by atoms with E-state index in [1.165, 1.54) is 4.90 Å². The van der Waals surface area contributed by atoms with E-state index in [4.69, 9.17) is 0 Å². The smallest absolute Gasteiger partial charge is 0.274 e. The van der Waals surface area contributed by atoms with Crippen LogP contribution in [0.4, 0.5) is 0 Å². The van der Waals surface area contributed by atoms with E-state index in [-0.39, 0.29) is 5.91 Å². The van der Waals surface area contributed by atoms with Crippen molar-refractivity contribution >= 4 is 5.91 Å². The summed E-state index contributed by atoms with van der Waals surface area (Å²) in [6, 6.07) is 0. The van der Waals surface area contributed by atoms with Gasteiger partial charge in [0, 0.05) is 32.4 Å². The zero-order valence-corrected chi connectivity index (χ0v) is 8.75. The summed E-state index contributed by atoms with van der Waals surface area (Å²) in [6.45, 7) is 3.87. The molecule has 0 N–H and O–H groups in total. The number of carbonyl (C=O) groups excluding carboxylic acids is 1. The Kier molecular flexibility index (Phi) is 2.40. The van der Waals surface area contributed by atoms with Crippen LogP contribution in [0.3, 0.4) is 0 Å². The number of hydrogen-bond donors (Lipinski definition) is 0. The molecule has 1 aromatic rings. The minimum absolute atomic E-state index is 0.0406. The molecule has 0 atom stereocenters. The lowest BCUT2D eigenvalue weighted by molar-refractivity contribution is 0.0820. The predicted octanol–water partition coefficient (Wildman–Crippen LogP) is 0.739. The normalized spacial score (nSPS) is 10.2. The number of carbonyl (C=O) groups is 1. The SMILES string of the molecule is Cc1c(C(=O)N(C)C)nn(C)c1C. The second-order valence-corrected chi connectivity index (χ2v) is 3.38. The van der Waals surface area contributed by atoms with E-state index in [1.54, 1.807) is 18.8 Å². The van der Waals surface area contributed by atoms with Crippen LogP contribution in [0.15, 0.2) is 0 Å². The maximum Gasteiger partial charge on any atom is 0.274 e. The van der Waals surface area contributed by atoms with Crippen LogP contribution in [0, 0.1) is 13.8 Å². The van der Waals surface area contributed by atoms with Crippen LogP contribution >= 0.6 is 0 Å². The van der Waals surface area contributed by atoms with Gasteiger partial charge in [0.25, 0.3) is 5.91 Å². The molecule has 4 nitrogen and oxygen atoms in total. The summed E-state index contributed by atoms with van der Waals surface area (Å²) < 4.78 is 1.73. The third kappa shape index (κ3) is 1.56. The molecule has 1 aromatic heterocycles. The molecule has 4 heteroatoms. The van der Waals surface area contributed by atoms with Gasteiger partial charge in [0.15, 0.2) is 5.69 Å². The number of amides is 1. The van der Waals surface area contributed by atoms with Crippen molar-refractivity contribution in [2.24, 2.45) is 7.05 Å². The number of aryl methyl sites for hydroxylation is 1. The maximum absolute atomic E-state index is 11.6. The summed E-state index contributed by atoms with van der Waals surface area (Å²) in [5.74, 6) is -0.0406. The molecular weight excluding hydrogens is 166 g/mol. The van der Waals surface area contributed by atoms with E-state index < -0.39 is 0 Å². The molecule has 1 rings (SSSR count). The minimum atomic E-state index is -0.0406. The molecule has 72 valence electrons. The number of rotatable bonds is 1. The Hall–Kier alpha value is -1.32. The van der Waals surface area contributed by atoms with Gasteiger partial charge in [0.05, 0.1) is 0 Å². The molecule has 0 saturated carbocycles. The van der Waals surface area contributed by atoms with Crippen LogP contribution in [-0.2, 0) is 7.05 Å². The molecule has 0 unspecified atom stereocenters. The molecule has 0 aliphatic heterocycles. The fourth-order valence-corrected chi connectivity index (χ4v) is 1.13. The molecule has 13 heavy (non-hydrogen) atoms. The average Bonchev–Trinajstić information content (AvgIpc) is 2.31. The zero-order valence-electron chi connectivity index (χ0n) is 8.75. The molecule has 1 amide bonds. The zero-order chi connectivity index (χ0) is 10.2. The van der Waals surface area contributed by atoms with Crippen molar-refractivity contribution in [1.82, 2.24) is 14.7 Å². The van der Waals surface area contributed by atoms with E-state index in [0.29, 0.717) is 5.69 Å². The Bertz CT molecular complexity index is 339. The van der Waals surface area contributed by atoms with Crippen LogP contribution in [0.5, 0.6) is 0 Å². The first-order chi connectivity index (χ1) is 5.95. The molecule has 1 heterocycles. The molecule has 0 fully saturated rings. The van der Waals surface area contributed by atoms with Crippen molar-refractivity contribution < 1.29 is 4.79 Å². The highest BCUT2D eigenvalue weighted by molar-refractivity contribution is 5.93. The van der Waals surface area contributed by atoms with Crippen LogP contribution in [0.25, 0.3) is 0 Å². The standard InChI is InChI=1S/C9H15N3O/c1-6-7(2)12(5)10-8(6)9(13)11(3)4/h1-5H3. The highest BCUT2D eigenvalue weighted by Crippen LogP contribution is 2.11. The van der Waals surface area contributed by atoms with Gasteiger partial charge >= 0.3 is 0 Å². The topological polar surface area (TPSA) is 38.1 Å². The van der Waals surface area contributed by atoms with Gasteiger partial charge in [-0.05, 0) is 13.8 Å². The van der Waals surface area contributed by atoms with E-state index in [1.807, 2.05) is 20.9 Å². The van der Waals surface area contributed by atoms with Gasteiger partial charge in [0.2, 0.25) is 0 Å². The summed E-state index contributed by atoms with van der Waals surface area (Å²) in [7, 11) is 5.30. The van der Waals surface area contributed by atoms with E-state index in [9.17, 15) is 4.79 Å². The summed E-state index contributed by atoms with van der Waals surface area (Å²) in [5, 5.41) is 4.16. The van der Waals surface area contributed by atoms with Crippen molar-refractivity contribution in [3.05, 3.63) is 17.0 Å². The number of nitrogens with zero attached hydrogens (tertiary/aromatic N) is 3. The van der Waals surface area contributed by atoms with E-state index >= 15 is 0 Å². The fourth-order valence-electron chi connectivity index (χ4n) is 1.13. The van der Waals surface area contributed by atoms with Gasteiger partial charge in [-0.2, -0.15) is 5.10 Å². The van der Waals surface area contributed by atoms with E-state index in [2.05, 4.69) is 5.10 Å². The third-order valence-electron chi connectivity index (χ3n) is 2.24. The number of aromatic nitrogens is 2. The van der Waals surface area contributed by atoms with Gasteiger partial charge in [-0.15, -0.1) is 0 Å². The van der Waals surface area contributed by atoms with Crippen LogP contribution in [0.2, 0.25) is 0 Å². The second-order valence-electron chi connectivity index (χ2n) is 3.38. The first-order valence-electron chi connectivity index (χ1n) is 4.17. The lowest BCUT2D eigenvalue weighted by atomic mass is 10.2. The summed E-state index contributed by atoms with van der Waals surface area (Å²) in [5.41, 5.74) is 2.54. The van der Waals surface area contributed by atoms with Gasteiger partial charge < -0.3 is 4.90 Å². The first-order valence-corrected chi connectivity index (χ1v) is 4.17. The third-order valence-corrected chi connectivity index (χ3v) is 2.24. The molecule has 0 aliphatic rings. The van der Waals surface area contributed by atoms with Crippen LogP contribution in [0.1, 0.15) is 21.7 Å². The molecule has 0 bridgehead atoms. The molecule has 0 radical (unpaired) electrons. The van der Waals surface area contributed by atoms with Crippen molar-refractivity contribution in [3.8, 4) is 0 Å². The number of hydrogen-bond acceptors (Lipinski definition) is 2. The monoisotopic (exact) mass is 181 g/mol. The van der Waals surface area contributed by atoms with Gasteiger partial charge in [-0.3, -0.25) is 9.48 Å². The fraction of sp³-hybridized carbons (Fsp3) is 0.556. The molecule has 0 aliphatic carbocycles. The van der Waals surface area contributed by atoms with Crippen LogP contribution < -0.4 is 0 Å². The Morgan fingerprint density at radius 1 is 1.38 bits per heavy atom. The predicted molar refractivity (Wildman–Crippen MR) is 50.7 cm³/mol. The average molecular weight is 181 g/mol. The Morgan fingerprint density at radius 3 is 2.23 bits per heavy atom. The quantitative estimate of drug-likeness (QED) is 0.641. The van der Waals surface area contributed by atoms with Crippen molar-refractivity contribution in [2.75, 3.05) is 14.1 Å². The maximum atomic E-state index is 11.6. The first kappa shape index (κ1) is 9.77.